The summed E-state index contributed by atoms with van der Waals surface area (Å²) in [4.78, 5) is 5.76. The zero-order chi connectivity index (χ0) is 15.8. The molecule has 0 radical (unpaired) electrons. The number of hydrogen-bond donors (Lipinski definition) is 1. The molecule has 1 N–H and O–H groups in total. The van der Waals surface area contributed by atoms with Crippen LogP contribution < -0.4 is 0 Å². The third-order valence-electron chi connectivity index (χ3n) is 4.91. The van der Waals surface area contributed by atoms with Crippen molar-refractivity contribution in [2.75, 3.05) is 20.1 Å². The number of likely N-dealkylation sites (N-methyl/N-ethyl adjacent to an activating group) is 1. The number of nitrogens with one attached hydrogen (secondary N) is 1. The van der Waals surface area contributed by atoms with Crippen molar-refractivity contribution in [2.45, 2.75) is 18.5 Å². The summed E-state index contributed by atoms with van der Waals surface area (Å²) in [6, 6.07) is 18.5. The summed E-state index contributed by atoms with van der Waals surface area (Å²) in [7, 11) is 2.08. The van der Waals surface area contributed by atoms with Gasteiger partial charge in [-0.15, -0.1) is 0 Å². The van der Waals surface area contributed by atoms with E-state index in [1.54, 1.807) is 0 Å². The molecule has 1 aliphatic heterocycles. The molecule has 1 fully saturated rings. The molecule has 4 rings (SSSR count). The Morgan fingerprint density at radius 2 is 1.78 bits per heavy atom. The normalized spacial score (nSPS) is 22.5. The van der Waals surface area contributed by atoms with E-state index in [0.717, 1.165) is 40.8 Å². The van der Waals surface area contributed by atoms with Gasteiger partial charge in [0.05, 0.1) is 5.69 Å². The summed E-state index contributed by atoms with van der Waals surface area (Å²) in [6.07, 6.45) is -0.178. The lowest BCUT2D eigenvalue weighted by atomic mass is 9.86. The number of nitrogens with zero attached hydrogens (tertiary/aromatic N) is 1. The quantitative estimate of drug-likeness (QED) is 0.733. The molecule has 0 amide bonds. The molecule has 3 heteroatoms. The topological polar surface area (TPSA) is 19.0 Å². The summed E-state index contributed by atoms with van der Waals surface area (Å²) >= 11 is 0. The van der Waals surface area contributed by atoms with E-state index < -0.39 is 6.17 Å². The Hall–Kier alpha value is -2.13. The second-order valence-corrected chi connectivity index (χ2v) is 6.50. The van der Waals surface area contributed by atoms with Crippen LogP contribution in [0.4, 0.5) is 4.39 Å². The standard InChI is InChI=1S/C20H21FN2/c1-23-12-11-17(21)16(13-23)19-15-9-5-6-10-18(15)22-20(19)14-7-3-2-4-8-14/h2-10,16-17,22H,11-13H2,1H3. The first-order valence-electron chi connectivity index (χ1n) is 8.22. The summed E-state index contributed by atoms with van der Waals surface area (Å²) in [5.41, 5.74) is 4.40. The first-order chi connectivity index (χ1) is 11.2. The number of benzene rings is 2. The second-order valence-electron chi connectivity index (χ2n) is 6.50. The largest absolute Gasteiger partial charge is 0.354 e. The maximum atomic E-state index is 14.8. The lowest BCUT2D eigenvalue weighted by molar-refractivity contribution is 0.147. The van der Waals surface area contributed by atoms with Gasteiger partial charge in [-0.05, 0) is 30.7 Å². The van der Waals surface area contributed by atoms with Crippen molar-refractivity contribution in [3.63, 3.8) is 0 Å². The number of aromatic amines is 1. The highest BCUT2D eigenvalue weighted by atomic mass is 19.1. The molecule has 0 spiro atoms. The van der Waals surface area contributed by atoms with Gasteiger partial charge in [0.2, 0.25) is 0 Å². The van der Waals surface area contributed by atoms with Gasteiger partial charge in [-0.2, -0.15) is 0 Å². The Kier molecular flexibility index (Phi) is 3.66. The molecular weight excluding hydrogens is 287 g/mol. The number of piperidine rings is 1. The Morgan fingerprint density at radius 1 is 1.04 bits per heavy atom. The average molecular weight is 308 g/mol. The Balaban J connectivity index is 1.93. The molecule has 1 saturated heterocycles. The first kappa shape index (κ1) is 14.5. The fourth-order valence-corrected chi connectivity index (χ4v) is 3.74. The minimum atomic E-state index is -0.784. The van der Waals surface area contributed by atoms with Crippen molar-refractivity contribution in [3.8, 4) is 11.3 Å². The fraction of sp³-hybridized carbons (Fsp3) is 0.300. The second kappa shape index (κ2) is 5.82. The zero-order valence-corrected chi connectivity index (χ0v) is 13.3. The van der Waals surface area contributed by atoms with Gasteiger partial charge in [-0.3, -0.25) is 0 Å². The lowest BCUT2D eigenvalue weighted by Gasteiger charge is -2.33. The number of H-pyrrole nitrogens is 1. The Labute approximate surface area is 135 Å². The zero-order valence-electron chi connectivity index (χ0n) is 13.3. The lowest BCUT2D eigenvalue weighted by Crippen LogP contribution is -2.37. The van der Waals surface area contributed by atoms with Gasteiger partial charge in [-0.25, -0.2) is 4.39 Å². The van der Waals surface area contributed by atoms with Crippen molar-refractivity contribution >= 4 is 10.9 Å². The van der Waals surface area contributed by atoms with E-state index in [9.17, 15) is 4.39 Å². The monoisotopic (exact) mass is 308 g/mol. The molecule has 118 valence electrons. The molecule has 2 atom stereocenters. The third-order valence-corrected chi connectivity index (χ3v) is 4.91. The van der Waals surface area contributed by atoms with Crippen LogP contribution in [0.2, 0.25) is 0 Å². The molecule has 0 saturated carbocycles. The molecule has 2 unspecified atom stereocenters. The highest BCUT2D eigenvalue weighted by molar-refractivity contribution is 5.91. The van der Waals surface area contributed by atoms with Crippen molar-refractivity contribution in [3.05, 3.63) is 60.2 Å². The van der Waals surface area contributed by atoms with Crippen molar-refractivity contribution in [1.82, 2.24) is 9.88 Å². The van der Waals surface area contributed by atoms with Crippen LogP contribution in [-0.2, 0) is 0 Å². The van der Waals surface area contributed by atoms with Crippen LogP contribution >= 0.6 is 0 Å². The molecule has 3 aromatic rings. The molecule has 2 aromatic carbocycles. The van der Waals surface area contributed by atoms with E-state index in [1.165, 1.54) is 0 Å². The van der Waals surface area contributed by atoms with E-state index in [-0.39, 0.29) is 5.92 Å². The minimum Gasteiger partial charge on any atom is -0.354 e. The molecule has 2 heterocycles. The van der Waals surface area contributed by atoms with Gasteiger partial charge in [0.25, 0.3) is 0 Å². The van der Waals surface area contributed by atoms with Crippen LogP contribution in [0, 0.1) is 0 Å². The summed E-state index contributed by atoms with van der Waals surface area (Å²) < 4.78 is 14.8. The molecule has 0 bridgehead atoms. The summed E-state index contributed by atoms with van der Waals surface area (Å²) in [6.45, 7) is 1.60. The highest BCUT2D eigenvalue weighted by Gasteiger charge is 2.32. The predicted molar refractivity (Wildman–Crippen MR) is 93.5 cm³/mol. The molecule has 1 aromatic heterocycles. The Bertz CT molecular complexity index is 809. The molecule has 2 nitrogen and oxygen atoms in total. The summed E-state index contributed by atoms with van der Waals surface area (Å²) in [5.74, 6) is -0.0832. The average Bonchev–Trinajstić information content (AvgIpc) is 2.97. The maximum absolute atomic E-state index is 14.8. The predicted octanol–water partition coefficient (Wildman–Crippen LogP) is 4.59. The number of likely N-dealkylation sites (tertiary alicyclic amines) is 1. The third kappa shape index (κ3) is 2.55. The van der Waals surface area contributed by atoms with Gasteiger partial charge < -0.3 is 9.88 Å². The van der Waals surface area contributed by atoms with Crippen LogP contribution in [0.3, 0.4) is 0 Å². The van der Waals surface area contributed by atoms with Crippen LogP contribution in [0.15, 0.2) is 54.6 Å². The number of fused-ring (bicyclic) bond motifs is 1. The fourth-order valence-electron chi connectivity index (χ4n) is 3.74. The minimum absolute atomic E-state index is 0.0832. The van der Waals surface area contributed by atoms with Gasteiger partial charge in [-0.1, -0.05) is 48.5 Å². The molecule has 23 heavy (non-hydrogen) atoms. The van der Waals surface area contributed by atoms with E-state index in [1.807, 2.05) is 30.3 Å². The van der Waals surface area contributed by atoms with Crippen molar-refractivity contribution in [1.29, 1.82) is 0 Å². The SMILES string of the molecule is CN1CCC(F)C(c2c(-c3ccccc3)[nH]c3ccccc23)C1. The maximum Gasteiger partial charge on any atom is 0.109 e. The van der Waals surface area contributed by atoms with Gasteiger partial charge in [0.1, 0.15) is 6.17 Å². The van der Waals surface area contributed by atoms with Crippen LogP contribution in [0.25, 0.3) is 22.2 Å². The van der Waals surface area contributed by atoms with E-state index in [0.29, 0.717) is 6.42 Å². The van der Waals surface area contributed by atoms with Crippen LogP contribution in [0.5, 0.6) is 0 Å². The molecule has 0 aliphatic carbocycles. The van der Waals surface area contributed by atoms with Gasteiger partial charge in [0.15, 0.2) is 0 Å². The number of alkyl halides is 1. The van der Waals surface area contributed by atoms with Crippen LogP contribution in [0.1, 0.15) is 17.9 Å². The van der Waals surface area contributed by atoms with E-state index in [4.69, 9.17) is 0 Å². The van der Waals surface area contributed by atoms with Crippen molar-refractivity contribution < 1.29 is 4.39 Å². The van der Waals surface area contributed by atoms with Gasteiger partial charge >= 0.3 is 0 Å². The number of halogens is 1. The molecular formula is C20H21FN2. The number of aromatic nitrogens is 1. The first-order valence-corrected chi connectivity index (χ1v) is 8.22. The van der Waals surface area contributed by atoms with Crippen molar-refractivity contribution in [2.24, 2.45) is 0 Å². The van der Waals surface area contributed by atoms with E-state index in [2.05, 4.69) is 41.2 Å². The number of rotatable bonds is 2. The van der Waals surface area contributed by atoms with Gasteiger partial charge in [0, 0.05) is 29.9 Å². The van der Waals surface area contributed by atoms with E-state index >= 15 is 0 Å². The number of hydrogen-bond acceptors (Lipinski definition) is 1. The van der Waals surface area contributed by atoms with Crippen LogP contribution in [-0.4, -0.2) is 36.2 Å². The molecule has 1 aliphatic rings. The highest BCUT2D eigenvalue weighted by Crippen LogP contribution is 2.40. The Morgan fingerprint density at radius 3 is 2.61 bits per heavy atom. The smallest absolute Gasteiger partial charge is 0.109 e. The summed E-state index contributed by atoms with van der Waals surface area (Å²) in [5, 5.41) is 1.15. The number of para-hydroxylation sites is 1.